The van der Waals surface area contributed by atoms with Crippen molar-refractivity contribution in [1.29, 1.82) is 0 Å². The first-order valence-electron chi connectivity index (χ1n) is 10.9. The maximum atomic E-state index is 13.0. The molecule has 2 N–H and O–H groups in total. The van der Waals surface area contributed by atoms with Gasteiger partial charge in [0.15, 0.2) is 0 Å². The van der Waals surface area contributed by atoms with E-state index < -0.39 is 0 Å². The third-order valence-electron chi connectivity index (χ3n) is 5.56. The molecule has 0 fully saturated rings. The molecule has 168 valence electrons. The van der Waals surface area contributed by atoms with Crippen LogP contribution in [0.2, 0.25) is 0 Å². The number of hydrogen-bond donors (Lipinski definition) is 2. The molecule has 0 unspecified atom stereocenters. The monoisotopic (exact) mass is 442 g/mol. The molecule has 1 heterocycles. The Balaban J connectivity index is 1.45. The highest BCUT2D eigenvalue weighted by atomic mass is 16.2. The van der Waals surface area contributed by atoms with Crippen molar-refractivity contribution in [1.82, 2.24) is 10.9 Å². The van der Waals surface area contributed by atoms with E-state index in [1.54, 1.807) is 17.0 Å². The van der Waals surface area contributed by atoms with E-state index in [9.17, 15) is 14.4 Å². The Bertz CT molecular complexity index is 1150. The van der Waals surface area contributed by atoms with Crippen molar-refractivity contribution in [2.45, 2.75) is 19.9 Å². The van der Waals surface area contributed by atoms with Crippen LogP contribution >= 0.6 is 0 Å². The quantitative estimate of drug-likeness (QED) is 0.595. The van der Waals surface area contributed by atoms with E-state index in [1.807, 2.05) is 78.6 Å². The molecule has 0 saturated carbocycles. The zero-order valence-corrected chi connectivity index (χ0v) is 18.5. The normalized spacial score (nSPS) is 13.2. The lowest BCUT2D eigenvalue weighted by Crippen LogP contribution is -2.46. The number of benzene rings is 3. The van der Waals surface area contributed by atoms with E-state index in [2.05, 4.69) is 10.9 Å². The van der Waals surface area contributed by atoms with Crippen LogP contribution in [0.1, 0.15) is 27.9 Å². The molecule has 1 aliphatic rings. The van der Waals surface area contributed by atoms with Gasteiger partial charge in [-0.15, -0.1) is 0 Å². The topological polar surface area (TPSA) is 81.8 Å². The average Bonchev–Trinajstić information content (AvgIpc) is 2.96. The molecule has 0 spiro atoms. The van der Waals surface area contributed by atoms with Gasteiger partial charge in [0.1, 0.15) is 0 Å². The van der Waals surface area contributed by atoms with E-state index in [4.69, 9.17) is 0 Å². The number of fused-ring (bicyclic) bond motifs is 1. The van der Waals surface area contributed by atoms with Crippen molar-refractivity contribution in [2.75, 3.05) is 22.9 Å². The number of anilines is 2. The van der Waals surface area contributed by atoms with E-state index in [1.165, 1.54) is 0 Å². The number of amides is 3. The smallest absolute Gasteiger partial charge is 0.269 e. The minimum Gasteiger partial charge on any atom is -0.360 e. The Morgan fingerprint density at radius 3 is 2.24 bits per heavy atom. The second-order valence-electron chi connectivity index (χ2n) is 7.99. The summed E-state index contributed by atoms with van der Waals surface area (Å²) in [6.07, 6.45) is 0.282. The fourth-order valence-corrected chi connectivity index (χ4v) is 3.80. The summed E-state index contributed by atoms with van der Waals surface area (Å²) in [4.78, 5) is 41.5. The summed E-state index contributed by atoms with van der Waals surface area (Å²) in [7, 11) is 0. The van der Waals surface area contributed by atoms with Crippen molar-refractivity contribution < 1.29 is 14.4 Å². The molecule has 4 rings (SSSR count). The molecule has 0 atom stereocenters. The number of aryl methyl sites for hydroxylation is 1. The van der Waals surface area contributed by atoms with Gasteiger partial charge in [-0.25, -0.2) is 0 Å². The Morgan fingerprint density at radius 2 is 1.52 bits per heavy atom. The second-order valence-corrected chi connectivity index (χ2v) is 7.99. The van der Waals surface area contributed by atoms with Crippen molar-refractivity contribution in [3.63, 3.8) is 0 Å². The molecule has 0 saturated heterocycles. The van der Waals surface area contributed by atoms with Crippen LogP contribution in [0, 0.1) is 6.92 Å². The summed E-state index contributed by atoms with van der Waals surface area (Å²) in [6, 6.07) is 24.5. The van der Waals surface area contributed by atoms with Gasteiger partial charge in [0.25, 0.3) is 11.8 Å². The van der Waals surface area contributed by atoms with Crippen LogP contribution in [0.15, 0.2) is 78.9 Å². The molecule has 0 bridgehead atoms. The van der Waals surface area contributed by atoms with Crippen LogP contribution in [0.5, 0.6) is 0 Å². The Labute approximate surface area is 193 Å². The van der Waals surface area contributed by atoms with E-state index in [0.29, 0.717) is 18.7 Å². The zero-order valence-electron chi connectivity index (χ0n) is 18.5. The van der Waals surface area contributed by atoms with Gasteiger partial charge >= 0.3 is 0 Å². The number of hydrazine groups is 1. The van der Waals surface area contributed by atoms with Crippen LogP contribution in [0.4, 0.5) is 11.4 Å². The summed E-state index contributed by atoms with van der Waals surface area (Å²) < 4.78 is 0. The lowest BCUT2D eigenvalue weighted by Gasteiger charge is -2.26. The number of hydrogen-bond acceptors (Lipinski definition) is 4. The lowest BCUT2D eigenvalue weighted by atomic mass is 10.1. The first-order valence-corrected chi connectivity index (χ1v) is 10.9. The minimum absolute atomic E-state index is 0.00175. The van der Waals surface area contributed by atoms with Crippen molar-refractivity contribution in [3.05, 3.63) is 95.6 Å². The number of nitrogens with zero attached hydrogens (tertiary/aromatic N) is 2. The SMILES string of the molecule is Cc1ccc(C(=O)NNC(=O)CN2CCC(=O)N(Cc3ccccc3)c3ccccc32)cc1. The molecule has 0 aromatic heterocycles. The predicted molar refractivity (Wildman–Crippen MR) is 128 cm³/mol. The van der Waals surface area contributed by atoms with Crippen LogP contribution in [-0.2, 0) is 16.1 Å². The molecule has 3 aromatic rings. The Hall–Kier alpha value is -4.13. The molecule has 33 heavy (non-hydrogen) atoms. The predicted octanol–water partition coefficient (Wildman–Crippen LogP) is 3.20. The first kappa shape index (κ1) is 22.1. The van der Waals surface area contributed by atoms with Crippen molar-refractivity contribution in [2.24, 2.45) is 0 Å². The molecule has 3 aromatic carbocycles. The van der Waals surface area contributed by atoms with Gasteiger partial charge in [0.2, 0.25) is 5.91 Å². The van der Waals surface area contributed by atoms with E-state index in [0.717, 1.165) is 22.5 Å². The number of nitrogens with one attached hydrogen (secondary N) is 2. The van der Waals surface area contributed by atoms with Gasteiger partial charge in [-0.1, -0.05) is 60.2 Å². The number of carbonyl (C=O) groups is 3. The fraction of sp³-hybridized carbons (Fsp3) is 0.192. The largest absolute Gasteiger partial charge is 0.360 e. The molecular weight excluding hydrogens is 416 g/mol. The number of carbonyl (C=O) groups excluding carboxylic acids is 3. The average molecular weight is 443 g/mol. The van der Waals surface area contributed by atoms with E-state index >= 15 is 0 Å². The molecule has 7 nitrogen and oxygen atoms in total. The molecule has 3 amide bonds. The lowest BCUT2D eigenvalue weighted by molar-refractivity contribution is -0.121. The van der Waals surface area contributed by atoms with Gasteiger partial charge < -0.3 is 9.80 Å². The van der Waals surface area contributed by atoms with Crippen molar-refractivity contribution >= 4 is 29.1 Å². The van der Waals surface area contributed by atoms with Gasteiger partial charge in [0.05, 0.1) is 24.5 Å². The summed E-state index contributed by atoms with van der Waals surface area (Å²) in [5, 5.41) is 0. The highest BCUT2D eigenvalue weighted by Gasteiger charge is 2.27. The second kappa shape index (κ2) is 9.99. The maximum absolute atomic E-state index is 13.0. The zero-order chi connectivity index (χ0) is 23.2. The van der Waals surface area contributed by atoms with Crippen molar-refractivity contribution in [3.8, 4) is 0 Å². The molecule has 1 aliphatic heterocycles. The first-order chi connectivity index (χ1) is 16.0. The Kier molecular flexibility index (Phi) is 6.69. The minimum atomic E-state index is -0.385. The van der Waals surface area contributed by atoms with Gasteiger partial charge in [0, 0.05) is 18.5 Å². The van der Waals surface area contributed by atoms with Gasteiger partial charge in [-0.2, -0.15) is 0 Å². The third-order valence-corrected chi connectivity index (χ3v) is 5.56. The van der Waals surface area contributed by atoms with Gasteiger partial charge in [-0.05, 0) is 36.8 Å². The molecular formula is C26H26N4O3. The fourth-order valence-electron chi connectivity index (χ4n) is 3.80. The van der Waals surface area contributed by atoms with Crippen LogP contribution in [0.3, 0.4) is 0 Å². The number of rotatable bonds is 5. The highest BCUT2D eigenvalue weighted by Crippen LogP contribution is 2.33. The van der Waals surface area contributed by atoms with Gasteiger partial charge in [-0.3, -0.25) is 25.2 Å². The summed E-state index contributed by atoms with van der Waals surface area (Å²) in [6.45, 7) is 2.82. The van der Waals surface area contributed by atoms with E-state index in [-0.39, 0.29) is 30.7 Å². The Morgan fingerprint density at radius 1 is 0.848 bits per heavy atom. The summed E-state index contributed by atoms with van der Waals surface area (Å²) in [5.41, 5.74) is 9.04. The third kappa shape index (κ3) is 5.38. The number of para-hydroxylation sites is 2. The molecule has 7 heteroatoms. The van der Waals surface area contributed by atoms with Crippen LogP contribution in [0.25, 0.3) is 0 Å². The van der Waals surface area contributed by atoms with Crippen LogP contribution in [-0.4, -0.2) is 30.8 Å². The maximum Gasteiger partial charge on any atom is 0.269 e. The molecule has 0 aliphatic carbocycles. The highest BCUT2D eigenvalue weighted by molar-refractivity contribution is 6.00. The standard InChI is InChI=1S/C26H26N4O3/c1-19-11-13-21(14-12-19)26(33)28-27-24(31)18-29-16-15-25(32)30(17-20-7-3-2-4-8-20)23-10-6-5-9-22(23)29/h2-14H,15-18H2,1H3,(H,27,31)(H,28,33). The molecule has 0 radical (unpaired) electrons. The van der Waals surface area contributed by atoms with Crippen LogP contribution < -0.4 is 20.7 Å². The summed E-state index contributed by atoms with van der Waals surface area (Å²) >= 11 is 0. The summed E-state index contributed by atoms with van der Waals surface area (Å²) in [5.74, 6) is -0.750.